The fourth-order valence-electron chi connectivity index (χ4n) is 4.89. The van der Waals surface area contributed by atoms with E-state index in [9.17, 15) is 27.2 Å². The van der Waals surface area contributed by atoms with Crippen LogP contribution in [0.3, 0.4) is 0 Å². The van der Waals surface area contributed by atoms with Crippen LogP contribution in [0.1, 0.15) is 45.2 Å². The van der Waals surface area contributed by atoms with Crippen molar-refractivity contribution in [2.45, 2.75) is 69.6 Å². The van der Waals surface area contributed by atoms with Gasteiger partial charge in [-0.3, -0.25) is 14.6 Å². The maximum absolute atomic E-state index is 13.6. The topological polar surface area (TPSA) is 80.3 Å². The zero-order chi connectivity index (χ0) is 26.3. The standard InChI is InChI=1S/C24H31F4N3O5/c1-23(2,3)36-22(33)31-10-15-9-16(35-13-24(26,27)28)11-30(15)12-19(31)21(32)29-18-6-7-34-20-8-14(25)4-5-17(18)20/h4-5,8,15-16,18-19H,6-7,9-13H2,1-3H3,(H,29,32)/t15-,16-,18-,19+/m1/s1. The molecule has 0 aliphatic carbocycles. The fourth-order valence-corrected chi connectivity index (χ4v) is 4.89. The van der Waals surface area contributed by atoms with E-state index >= 15 is 0 Å². The molecular weight excluding hydrogens is 486 g/mol. The lowest BCUT2D eigenvalue weighted by atomic mass is 9.99. The second kappa shape index (κ2) is 10.0. The molecule has 0 unspecified atom stereocenters. The molecule has 0 spiro atoms. The molecule has 0 bridgehead atoms. The Bertz CT molecular complexity index is 983. The van der Waals surface area contributed by atoms with Crippen molar-refractivity contribution in [3.8, 4) is 5.75 Å². The molecule has 0 saturated carbocycles. The van der Waals surface area contributed by atoms with E-state index in [-0.39, 0.29) is 32.3 Å². The maximum atomic E-state index is 13.6. The van der Waals surface area contributed by atoms with E-state index in [0.717, 1.165) is 0 Å². The van der Waals surface area contributed by atoms with Crippen LogP contribution in [-0.2, 0) is 14.3 Å². The summed E-state index contributed by atoms with van der Waals surface area (Å²) < 4.78 is 67.6. The predicted octanol–water partition coefficient (Wildman–Crippen LogP) is 3.41. The summed E-state index contributed by atoms with van der Waals surface area (Å²) in [6.45, 7) is 4.55. The second-order valence-electron chi connectivity index (χ2n) is 10.4. The average molecular weight is 518 g/mol. The summed E-state index contributed by atoms with van der Waals surface area (Å²) in [5.74, 6) is -0.531. The summed E-state index contributed by atoms with van der Waals surface area (Å²) in [5.41, 5.74) is -0.164. The number of carbonyl (C=O) groups excluding carboxylic acids is 2. The van der Waals surface area contributed by atoms with E-state index in [0.29, 0.717) is 24.2 Å². The third-order valence-electron chi connectivity index (χ3n) is 6.43. The number of carbonyl (C=O) groups is 2. The number of hydrogen-bond donors (Lipinski definition) is 1. The van der Waals surface area contributed by atoms with E-state index < -0.39 is 54.4 Å². The molecule has 2 fully saturated rings. The van der Waals surface area contributed by atoms with Crippen molar-refractivity contribution in [2.75, 3.05) is 32.8 Å². The lowest BCUT2D eigenvalue weighted by Gasteiger charge is -2.43. The number of alkyl halides is 3. The number of rotatable bonds is 4. The number of benzene rings is 1. The molecule has 36 heavy (non-hydrogen) atoms. The first-order valence-corrected chi connectivity index (χ1v) is 11.9. The SMILES string of the molecule is CC(C)(C)OC(=O)N1C[C@H]2C[C@@H](OCC(F)(F)F)CN2C[C@H]1C(=O)N[C@@H]1CCOc2cc(F)ccc21. The van der Waals surface area contributed by atoms with Crippen molar-refractivity contribution in [1.82, 2.24) is 15.1 Å². The molecular formula is C24H31F4N3O5. The molecule has 2 amide bonds. The highest BCUT2D eigenvalue weighted by atomic mass is 19.4. The van der Waals surface area contributed by atoms with E-state index in [4.69, 9.17) is 14.2 Å². The van der Waals surface area contributed by atoms with Crippen molar-refractivity contribution in [2.24, 2.45) is 0 Å². The molecule has 1 N–H and O–H groups in total. The minimum absolute atomic E-state index is 0.119. The van der Waals surface area contributed by atoms with E-state index in [2.05, 4.69) is 5.32 Å². The van der Waals surface area contributed by atoms with Crippen LogP contribution in [0.25, 0.3) is 0 Å². The quantitative estimate of drug-likeness (QED) is 0.617. The third-order valence-corrected chi connectivity index (χ3v) is 6.43. The summed E-state index contributed by atoms with van der Waals surface area (Å²) in [5, 5.41) is 2.95. The van der Waals surface area contributed by atoms with Gasteiger partial charge in [0.05, 0.1) is 18.8 Å². The molecule has 1 aromatic carbocycles. The molecule has 3 heterocycles. The largest absolute Gasteiger partial charge is 0.493 e. The number of nitrogens with zero attached hydrogens (tertiary/aromatic N) is 2. The van der Waals surface area contributed by atoms with Gasteiger partial charge in [0.15, 0.2) is 0 Å². The highest BCUT2D eigenvalue weighted by Crippen LogP contribution is 2.34. The summed E-state index contributed by atoms with van der Waals surface area (Å²) >= 11 is 0. The first-order valence-electron chi connectivity index (χ1n) is 11.9. The zero-order valence-corrected chi connectivity index (χ0v) is 20.4. The lowest BCUT2D eigenvalue weighted by molar-refractivity contribution is -0.183. The number of fused-ring (bicyclic) bond motifs is 2. The van der Waals surface area contributed by atoms with Gasteiger partial charge in [0.25, 0.3) is 0 Å². The zero-order valence-electron chi connectivity index (χ0n) is 20.4. The lowest BCUT2D eigenvalue weighted by Crippen LogP contribution is -2.63. The molecule has 4 atom stereocenters. The van der Waals surface area contributed by atoms with E-state index in [1.807, 2.05) is 4.90 Å². The summed E-state index contributed by atoms with van der Waals surface area (Å²) in [7, 11) is 0. The van der Waals surface area contributed by atoms with Gasteiger partial charge in [-0.05, 0) is 33.3 Å². The van der Waals surface area contributed by atoms with E-state index in [1.54, 1.807) is 26.8 Å². The summed E-state index contributed by atoms with van der Waals surface area (Å²) in [6, 6.07) is 2.48. The van der Waals surface area contributed by atoms with Gasteiger partial charge >= 0.3 is 12.3 Å². The normalized spacial score (nSPS) is 26.6. The van der Waals surface area contributed by atoms with Crippen LogP contribution in [0.4, 0.5) is 22.4 Å². The van der Waals surface area contributed by atoms with Crippen LogP contribution in [0.2, 0.25) is 0 Å². The molecule has 0 radical (unpaired) electrons. The van der Waals surface area contributed by atoms with Crippen LogP contribution in [0, 0.1) is 5.82 Å². The maximum Gasteiger partial charge on any atom is 0.411 e. The Morgan fingerprint density at radius 3 is 2.61 bits per heavy atom. The molecule has 200 valence electrons. The van der Waals surface area contributed by atoms with Gasteiger partial charge in [-0.2, -0.15) is 13.2 Å². The van der Waals surface area contributed by atoms with Crippen molar-refractivity contribution >= 4 is 12.0 Å². The Balaban J connectivity index is 1.50. The highest BCUT2D eigenvalue weighted by molar-refractivity contribution is 5.86. The highest BCUT2D eigenvalue weighted by Gasteiger charge is 2.46. The molecule has 12 heteroatoms. The monoisotopic (exact) mass is 517 g/mol. The van der Waals surface area contributed by atoms with Gasteiger partial charge in [0.2, 0.25) is 5.91 Å². The molecule has 2 saturated heterocycles. The Morgan fingerprint density at radius 1 is 1.17 bits per heavy atom. The van der Waals surface area contributed by atoms with Gasteiger partial charge in [0, 0.05) is 43.7 Å². The number of piperazine rings is 1. The Hall–Kier alpha value is -2.60. The second-order valence-corrected chi connectivity index (χ2v) is 10.4. The third kappa shape index (κ3) is 6.39. The van der Waals surface area contributed by atoms with Gasteiger partial charge < -0.3 is 19.5 Å². The Morgan fingerprint density at radius 2 is 1.92 bits per heavy atom. The Labute approximate surface area is 206 Å². The first kappa shape index (κ1) is 26.5. The smallest absolute Gasteiger partial charge is 0.411 e. The summed E-state index contributed by atoms with van der Waals surface area (Å²) in [6.07, 6.45) is -4.99. The van der Waals surface area contributed by atoms with Crippen molar-refractivity contribution in [1.29, 1.82) is 0 Å². The first-order chi connectivity index (χ1) is 16.8. The van der Waals surface area contributed by atoms with Crippen LogP contribution in [0.5, 0.6) is 5.75 Å². The van der Waals surface area contributed by atoms with Gasteiger partial charge in [-0.1, -0.05) is 6.07 Å². The fraction of sp³-hybridized carbons (Fsp3) is 0.667. The van der Waals surface area contributed by atoms with Crippen molar-refractivity contribution < 1.29 is 41.4 Å². The molecule has 8 nitrogen and oxygen atoms in total. The molecule has 0 aromatic heterocycles. The Kier molecular flexibility index (Phi) is 7.38. The van der Waals surface area contributed by atoms with Crippen LogP contribution >= 0.6 is 0 Å². The van der Waals surface area contributed by atoms with Crippen LogP contribution in [0.15, 0.2) is 18.2 Å². The minimum atomic E-state index is -4.43. The van der Waals surface area contributed by atoms with Crippen LogP contribution < -0.4 is 10.1 Å². The number of halogens is 4. The number of amides is 2. The number of hydrogen-bond acceptors (Lipinski definition) is 6. The van der Waals surface area contributed by atoms with Crippen molar-refractivity contribution in [3.63, 3.8) is 0 Å². The molecule has 3 aliphatic rings. The molecule has 1 aromatic rings. The number of ether oxygens (including phenoxy) is 3. The number of nitrogens with one attached hydrogen (secondary N) is 1. The van der Waals surface area contributed by atoms with Gasteiger partial charge in [-0.25, -0.2) is 9.18 Å². The molecule has 4 rings (SSSR count). The predicted molar refractivity (Wildman–Crippen MR) is 120 cm³/mol. The molecule has 3 aliphatic heterocycles. The minimum Gasteiger partial charge on any atom is -0.493 e. The van der Waals surface area contributed by atoms with Crippen LogP contribution in [-0.4, -0.2) is 84.6 Å². The average Bonchev–Trinajstić information content (AvgIpc) is 3.17. The summed E-state index contributed by atoms with van der Waals surface area (Å²) in [4.78, 5) is 29.8. The van der Waals surface area contributed by atoms with Crippen molar-refractivity contribution in [3.05, 3.63) is 29.6 Å². The van der Waals surface area contributed by atoms with Gasteiger partial charge in [-0.15, -0.1) is 0 Å². The van der Waals surface area contributed by atoms with Gasteiger partial charge in [0.1, 0.15) is 29.8 Å². The van der Waals surface area contributed by atoms with E-state index in [1.165, 1.54) is 17.0 Å².